The Morgan fingerprint density at radius 3 is 2.52 bits per heavy atom. The molecular weight excluding hydrogens is 439 g/mol. The fourth-order valence-electron chi connectivity index (χ4n) is 3.29. The number of aromatic amines is 1. The molecule has 4 rings (SSSR count). The minimum Gasteiger partial charge on any atom is -0.463 e. The number of carbonyl (C=O) groups excluding carboxylic acids is 1. The molecule has 3 heterocycles. The van der Waals surface area contributed by atoms with Gasteiger partial charge in [-0.05, 0) is 49.7 Å². The standard InChI is InChI=1S/C22H18F3N5O3/c1-3-15-12(2)26-21(28-20(15)32)30-18(11-16(29-30)17-5-4-10-33-17)27-19(31)13-6-8-14(9-7-13)22(23,24)25/h4-11H,3H2,1-2H3,(H,27,31)(H,26,28,32). The summed E-state index contributed by atoms with van der Waals surface area (Å²) in [4.78, 5) is 32.2. The molecule has 0 radical (unpaired) electrons. The van der Waals surface area contributed by atoms with E-state index in [9.17, 15) is 22.8 Å². The van der Waals surface area contributed by atoms with Gasteiger partial charge in [0.1, 0.15) is 11.5 Å². The number of rotatable bonds is 5. The Kier molecular flexibility index (Phi) is 5.62. The van der Waals surface area contributed by atoms with E-state index in [1.165, 1.54) is 17.0 Å². The van der Waals surface area contributed by atoms with E-state index in [-0.39, 0.29) is 22.9 Å². The number of benzene rings is 1. The van der Waals surface area contributed by atoms with Crippen LogP contribution in [0.4, 0.5) is 19.0 Å². The molecule has 0 saturated heterocycles. The van der Waals surface area contributed by atoms with Gasteiger partial charge in [-0.15, -0.1) is 0 Å². The van der Waals surface area contributed by atoms with E-state index >= 15 is 0 Å². The Bertz CT molecular complexity index is 1350. The molecular formula is C22H18F3N5O3. The predicted octanol–water partition coefficient (Wildman–Crippen LogP) is 4.36. The number of H-pyrrole nitrogens is 1. The third-order valence-electron chi connectivity index (χ3n) is 4.96. The summed E-state index contributed by atoms with van der Waals surface area (Å²) in [6.07, 6.45) is -2.57. The van der Waals surface area contributed by atoms with Crippen molar-refractivity contribution in [2.45, 2.75) is 26.4 Å². The Hall–Kier alpha value is -4.15. The maximum absolute atomic E-state index is 12.8. The van der Waals surface area contributed by atoms with E-state index in [1.54, 1.807) is 19.1 Å². The predicted molar refractivity (Wildman–Crippen MR) is 113 cm³/mol. The topological polar surface area (TPSA) is 106 Å². The van der Waals surface area contributed by atoms with E-state index in [4.69, 9.17) is 4.42 Å². The summed E-state index contributed by atoms with van der Waals surface area (Å²) >= 11 is 0. The second-order valence-electron chi connectivity index (χ2n) is 7.14. The van der Waals surface area contributed by atoms with Crippen molar-refractivity contribution in [1.82, 2.24) is 19.7 Å². The number of nitrogens with one attached hydrogen (secondary N) is 2. The van der Waals surface area contributed by atoms with Crippen LogP contribution >= 0.6 is 0 Å². The molecule has 3 aromatic heterocycles. The first kappa shape index (κ1) is 22.1. The number of nitrogens with zero attached hydrogens (tertiary/aromatic N) is 3. The summed E-state index contributed by atoms with van der Waals surface area (Å²) in [5.74, 6) is -0.0588. The quantitative estimate of drug-likeness (QED) is 0.463. The Morgan fingerprint density at radius 2 is 1.94 bits per heavy atom. The van der Waals surface area contributed by atoms with E-state index in [1.807, 2.05) is 6.92 Å². The highest BCUT2D eigenvalue weighted by atomic mass is 19.4. The minimum atomic E-state index is -4.51. The SMILES string of the molecule is CCc1c(C)nc(-n2nc(-c3ccco3)cc2NC(=O)c2ccc(C(F)(F)F)cc2)[nH]c1=O. The second kappa shape index (κ2) is 8.41. The van der Waals surface area contributed by atoms with Crippen LogP contribution in [0, 0.1) is 6.92 Å². The van der Waals surface area contributed by atoms with Gasteiger partial charge in [0.2, 0.25) is 5.95 Å². The van der Waals surface area contributed by atoms with Gasteiger partial charge in [0.15, 0.2) is 5.76 Å². The van der Waals surface area contributed by atoms with Gasteiger partial charge in [0, 0.05) is 22.9 Å². The van der Waals surface area contributed by atoms with Crippen LogP contribution in [0.3, 0.4) is 0 Å². The number of amides is 1. The van der Waals surface area contributed by atoms with Crippen LogP contribution in [0.5, 0.6) is 0 Å². The summed E-state index contributed by atoms with van der Waals surface area (Å²) < 4.78 is 45.0. The number of carbonyl (C=O) groups is 1. The highest BCUT2D eigenvalue weighted by Crippen LogP contribution is 2.29. The van der Waals surface area contributed by atoms with Crippen molar-refractivity contribution in [2.75, 3.05) is 5.32 Å². The van der Waals surface area contributed by atoms with Crippen LogP contribution in [0.1, 0.15) is 34.1 Å². The van der Waals surface area contributed by atoms with Crippen molar-refractivity contribution in [1.29, 1.82) is 0 Å². The third-order valence-corrected chi connectivity index (χ3v) is 4.96. The molecule has 0 saturated carbocycles. The van der Waals surface area contributed by atoms with Crippen molar-refractivity contribution in [3.05, 3.63) is 81.5 Å². The maximum atomic E-state index is 12.8. The Balaban J connectivity index is 1.73. The highest BCUT2D eigenvalue weighted by molar-refractivity contribution is 6.04. The molecule has 11 heteroatoms. The number of aryl methyl sites for hydroxylation is 1. The van der Waals surface area contributed by atoms with Gasteiger partial charge < -0.3 is 9.73 Å². The molecule has 170 valence electrons. The molecule has 0 aliphatic rings. The summed E-state index contributed by atoms with van der Waals surface area (Å²) in [5.41, 5.74) is 0.184. The summed E-state index contributed by atoms with van der Waals surface area (Å²) in [7, 11) is 0. The lowest BCUT2D eigenvalue weighted by molar-refractivity contribution is -0.137. The zero-order chi connectivity index (χ0) is 23.8. The lowest BCUT2D eigenvalue weighted by Crippen LogP contribution is -2.22. The first-order valence-electron chi connectivity index (χ1n) is 9.90. The van der Waals surface area contributed by atoms with Gasteiger partial charge in [-0.25, -0.2) is 4.98 Å². The van der Waals surface area contributed by atoms with E-state index in [0.29, 0.717) is 29.1 Å². The van der Waals surface area contributed by atoms with Crippen molar-refractivity contribution in [3.8, 4) is 17.4 Å². The normalized spacial score (nSPS) is 11.5. The summed E-state index contributed by atoms with van der Waals surface area (Å²) in [6.45, 7) is 3.52. The van der Waals surface area contributed by atoms with Crippen molar-refractivity contribution in [2.24, 2.45) is 0 Å². The number of halogens is 3. The molecule has 8 nitrogen and oxygen atoms in total. The Labute approximate surface area is 185 Å². The number of hydrogen-bond acceptors (Lipinski definition) is 5. The largest absolute Gasteiger partial charge is 0.463 e. The zero-order valence-electron chi connectivity index (χ0n) is 17.5. The number of hydrogen-bond donors (Lipinski definition) is 2. The first-order chi connectivity index (χ1) is 15.7. The second-order valence-corrected chi connectivity index (χ2v) is 7.14. The van der Waals surface area contributed by atoms with Crippen molar-refractivity contribution >= 4 is 11.7 Å². The van der Waals surface area contributed by atoms with E-state index in [2.05, 4.69) is 20.4 Å². The first-order valence-corrected chi connectivity index (χ1v) is 9.90. The molecule has 1 aromatic carbocycles. The summed E-state index contributed by atoms with van der Waals surface area (Å²) in [6, 6.07) is 8.63. The molecule has 33 heavy (non-hydrogen) atoms. The van der Waals surface area contributed by atoms with Crippen LogP contribution in [-0.2, 0) is 12.6 Å². The zero-order valence-corrected chi connectivity index (χ0v) is 17.5. The average molecular weight is 457 g/mol. The fraction of sp³-hybridized carbons (Fsp3) is 0.182. The van der Waals surface area contributed by atoms with Gasteiger partial charge in [0.25, 0.3) is 11.5 Å². The number of anilines is 1. The van der Waals surface area contributed by atoms with Crippen molar-refractivity contribution < 1.29 is 22.4 Å². The minimum absolute atomic E-state index is 0.00858. The lowest BCUT2D eigenvalue weighted by atomic mass is 10.1. The maximum Gasteiger partial charge on any atom is 0.416 e. The number of alkyl halides is 3. The number of aromatic nitrogens is 4. The molecule has 4 aromatic rings. The van der Waals surface area contributed by atoms with Gasteiger partial charge in [-0.3, -0.25) is 14.6 Å². The Morgan fingerprint density at radius 1 is 1.21 bits per heavy atom. The molecule has 0 unspecified atom stereocenters. The van der Waals surface area contributed by atoms with Crippen LogP contribution in [0.2, 0.25) is 0 Å². The highest BCUT2D eigenvalue weighted by Gasteiger charge is 2.30. The van der Waals surface area contributed by atoms with Gasteiger partial charge >= 0.3 is 6.18 Å². The van der Waals surface area contributed by atoms with Crippen LogP contribution in [0.15, 0.2) is 57.9 Å². The average Bonchev–Trinajstić information content (AvgIpc) is 3.43. The van der Waals surface area contributed by atoms with Crippen LogP contribution < -0.4 is 10.9 Å². The molecule has 0 aliphatic carbocycles. The molecule has 1 amide bonds. The van der Waals surface area contributed by atoms with Gasteiger partial charge in [-0.1, -0.05) is 6.92 Å². The van der Waals surface area contributed by atoms with Crippen molar-refractivity contribution in [3.63, 3.8) is 0 Å². The monoisotopic (exact) mass is 457 g/mol. The molecule has 0 bridgehead atoms. The summed E-state index contributed by atoms with van der Waals surface area (Å²) in [5, 5.41) is 6.99. The van der Waals surface area contributed by atoms with E-state index < -0.39 is 17.6 Å². The molecule has 2 N–H and O–H groups in total. The van der Waals surface area contributed by atoms with Gasteiger partial charge in [-0.2, -0.15) is 23.0 Å². The number of furan rings is 1. The third kappa shape index (κ3) is 4.43. The van der Waals surface area contributed by atoms with Gasteiger partial charge in [0.05, 0.1) is 11.8 Å². The van der Waals surface area contributed by atoms with Crippen LogP contribution in [-0.4, -0.2) is 25.7 Å². The van der Waals surface area contributed by atoms with Crippen LogP contribution in [0.25, 0.3) is 17.4 Å². The fourth-order valence-corrected chi connectivity index (χ4v) is 3.29. The molecule has 0 fully saturated rings. The lowest BCUT2D eigenvalue weighted by Gasteiger charge is -2.10. The molecule has 0 spiro atoms. The molecule has 0 atom stereocenters. The van der Waals surface area contributed by atoms with E-state index in [0.717, 1.165) is 24.3 Å². The molecule has 0 aliphatic heterocycles. The smallest absolute Gasteiger partial charge is 0.416 e.